The Kier molecular flexibility index (Phi) is 2.03. The number of hydrogen-bond donors (Lipinski definition) is 2. The van der Waals surface area contributed by atoms with E-state index in [1.165, 1.54) is 10.6 Å². The molecule has 78 valence electrons. The van der Waals surface area contributed by atoms with Gasteiger partial charge < -0.3 is 5.11 Å². The Balaban J connectivity index is 2.70. The van der Waals surface area contributed by atoms with Gasteiger partial charge >= 0.3 is 5.97 Å². The highest BCUT2D eigenvalue weighted by molar-refractivity contribution is 5.70. The number of carbonyl (C=O) groups is 1. The number of aryl methyl sites for hydroxylation is 1. The van der Waals surface area contributed by atoms with Crippen molar-refractivity contribution in [3.63, 3.8) is 0 Å². The maximum Gasteiger partial charge on any atom is 0.309 e. The van der Waals surface area contributed by atoms with Crippen molar-refractivity contribution in [3.8, 4) is 0 Å². The molecule has 2 heterocycles. The number of imidazole rings is 1. The van der Waals surface area contributed by atoms with E-state index in [2.05, 4.69) is 10.1 Å². The first-order valence-electron chi connectivity index (χ1n) is 4.37. The van der Waals surface area contributed by atoms with Gasteiger partial charge in [-0.15, -0.1) is 0 Å². The van der Waals surface area contributed by atoms with Crippen molar-refractivity contribution in [2.75, 3.05) is 0 Å². The predicted molar refractivity (Wildman–Crippen MR) is 51.9 cm³/mol. The number of carboxylic acids is 1. The number of aliphatic carboxylic acids is 1. The van der Waals surface area contributed by atoms with Crippen LogP contribution in [0.4, 0.5) is 0 Å². The first-order valence-corrected chi connectivity index (χ1v) is 4.37. The van der Waals surface area contributed by atoms with Crippen LogP contribution in [0.25, 0.3) is 5.65 Å². The Morgan fingerprint density at radius 3 is 3.00 bits per heavy atom. The first kappa shape index (κ1) is 9.45. The van der Waals surface area contributed by atoms with E-state index in [0.717, 1.165) is 0 Å². The fourth-order valence-electron chi connectivity index (χ4n) is 1.47. The summed E-state index contributed by atoms with van der Waals surface area (Å²) < 4.78 is 1.41. The normalized spacial score (nSPS) is 10.7. The van der Waals surface area contributed by atoms with E-state index in [4.69, 9.17) is 5.11 Å². The summed E-state index contributed by atoms with van der Waals surface area (Å²) in [5, 5.41) is 11.2. The summed E-state index contributed by atoms with van der Waals surface area (Å²) in [6.07, 6.45) is -0.160. The van der Waals surface area contributed by atoms with E-state index in [0.29, 0.717) is 17.0 Å². The second kappa shape index (κ2) is 3.23. The van der Waals surface area contributed by atoms with Crippen molar-refractivity contribution in [3.05, 3.63) is 33.9 Å². The molecule has 2 N–H and O–H groups in total. The molecule has 2 aromatic heterocycles. The molecule has 6 heteroatoms. The van der Waals surface area contributed by atoms with Gasteiger partial charge in [-0.2, -0.15) is 0 Å². The molecule has 0 fully saturated rings. The molecular formula is C9H9N3O3. The summed E-state index contributed by atoms with van der Waals surface area (Å²) in [6, 6.07) is 2.91. The third-order valence-corrected chi connectivity index (χ3v) is 2.12. The Morgan fingerprint density at radius 1 is 1.60 bits per heavy atom. The van der Waals surface area contributed by atoms with E-state index < -0.39 is 5.97 Å². The predicted octanol–water partition coefficient (Wildman–Crippen LogP) is -0.0419. The summed E-state index contributed by atoms with van der Waals surface area (Å²) in [5.74, 6) is -0.954. The highest BCUT2D eigenvalue weighted by Gasteiger charge is 2.12. The zero-order valence-electron chi connectivity index (χ0n) is 8.02. The maximum absolute atomic E-state index is 11.1. The number of hydrogen-bond acceptors (Lipinski definition) is 3. The molecule has 6 nitrogen and oxygen atoms in total. The van der Waals surface area contributed by atoms with Gasteiger partial charge in [-0.05, 0) is 13.0 Å². The number of fused-ring (bicyclic) bond motifs is 1. The molecule has 0 aliphatic rings. The van der Waals surface area contributed by atoms with Gasteiger partial charge in [-0.25, -0.2) is 9.50 Å². The van der Waals surface area contributed by atoms with Gasteiger partial charge in [-0.3, -0.25) is 14.7 Å². The minimum absolute atomic E-state index is 0.160. The van der Waals surface area contributed by atoms with Crippen LogP contribution in [-0.2, 0) is 11.2 Å². The molecule has 0 saturated carbocycles. The number of carboxylic acid groups (broad SMARTS) is 1. The number of H-pyrrole nitrogens is 1. The standard InChI is InChI=1S/C9H9N3O3/c1-5-6(4-9(14)15)12-7(10-5)2-3-8(13)11-12/h2-3H,4H2,1H3,(H,11,13)(H,14,15). The van der Waals surface area contributed by atoms with Gasteiger partial charge in [0.2, 0.25) is 0 Å². The number of aromatic nitrogens is 3. The fourth-order valence-corrected chi connectivity index (χ4v) is 1.47. The van der Waals surface area contributed by atoms with Gasteiger partial charge in [0.1, 0.15) is 0 Å². The average Bonchev–Trinajstić information content (AvgIpc) is 2.43. The average molecular weight is 207 g/mol. The van der Waals surface area contributed by atoms with Crippen LogP contribution in [0.5, 0.6) is 0 Å². The molecule has 0 bridgehead atoms. The molecule has 0 spiro atoms. The molecule has 0 amide bonds. The first-order chi connectivity index (χ1) is 7.08. The van der Waals surface area contributed by atoms with E-state index >= 15 is 0 Å². The Bertz CT molecular complexity index is 582. The monoisotopic (exact) mass is 207 g/mol. The molecular weight excluding hydrogens is 198 g/mol. The third-order valence-electron chi connectivity index (χ3n) is 2.12. The summed E-state index contributed by atoms with van der Waals surface area (Å²) in [7, 11) is 0. The lowest BCUT2D eigenvalue weighted by molar-refractivity contribution is -0.136. The van der Waals surface area contributed by atoms with Gasteiger partial charge in [0, 0.05) is 6.07 Å². The molecule has 0 unspecified atom stereocenters. The topological polar surface area (TPSA) is 87.5 Å². The van der Waals surface area contributed by atoms with E-state index in [1.807, 2.05) is 0 Å². The lowest BCUT2D eigenvalue weighted by atomic mass is 10.3. The van der Waals surface area contributed by atoms with Crippen LogP contribution in [0, 0.1) is 6.92 Å². The van der Waals surface area contributed by atoms with E-state index in [9.17, 15) is 9.59 Å². The number of aromatic amines is 1. The van der Waals surface area contributed by atoms with Crippen LogP contribution in [0.3, 0.4) is 0 Å². The van der Waals surface area contributed by atoms with Crippen molar-refractivity contribution in [1.82, 2.24) is 14.6 Å². The lowest BCUT2D eigenvalue weighted by Crippen LogP contribution is -2.13. The number of rotatable bonds is 2. The lowest BCUT2D eigenvalue weighted by Gasteiger charge is -1.98. The highest BCUT2D eigenvalue weighted by atomic mass is 16.4. The van der Waals surface area contributed by atoms with Crippen molar-refractivity contribution in [1.29, 1.82) is 0 Å². The fraction of sp³-hybridized carbons (Fsp3) is 0.222. The summed E-state index contributed by atoms with van der Waals surface area (Å²) >= 11 is 0. The second-order valence-corrected chi connectivity index (χ2v) is 3.22. The zero-order valence-corrected chi connectivity index (χ0v) is 8.02. The van der Waals surface area contributed by atoms with Gasteiger partial charge in [0.15, 0.2) is 5.65 Å². The molecule has 0 radical (unpaired) electrons. The third kappa shape index (κ3) is 1.61. The van der Waals surface area contributed by atoms with Crippen molar-refractivity contribution < 1.29 is 9.90 Å². The van der Waals surface area contributed by atoms with Crippen molar-refractivity contribution >= 4 is 11.6 Å². The van der Waals surface area contributed by atoms with Crippen LogP contribution in [0.1, 0.15) is 11.4 Å². The largest absolute Gasteiger partial charge is 0.481 e. The summed E-state index contributed by atoms with van der Waals surface area (Å²) in [4.78, 5) is 25.8. The molecule has 0 saturated heterocycles. The van der Waals surface area contributed by atoms with Crippen LogP contribution in [0.2, 0.25) is 0 Å². The van der Waals surface area contributed by atoms with Gasteiger partial charge in [-0.1, -0.05) is 0 Å². The minimum atomic E-state index is -0.954. The molecule has 0 aliphatic carbocycles. The highest BCUT2D eigenvalue weighted by Crippen LogP contribution is 2.09. The molecule has 0 aromatic carbocycles. The Labute approximate surface area is 84.2 Å². The van der Waals surface area contributed by atoms with Crippen LogP contribution in [-0.4, -0.2) is 25.7 Å². The molecule has 2 rings (SSSR count). The van der Waals surface area contributed by atoms with Crippen molar-refractivity contribution in [2.24, 2.45) is 0 Å². The quantitative estimate of drug-likeness (QED) is 0.723. The molecule has 15 heavy (non-hydrogen) atoms. The number of nitrogens with zero attached hydrogens (tertiary/aromatic N) is 2. The SMILES string of the molecule is Cc1nc2ccc(=O)[nH]n2c1CC(=O)O. The van der Waals surface area contributed by atoms with Crippen LogP contribution in [0.15, 0.2) is 16.9 Å². The van der Waals surface area contributed by atoms with E-state index in [-0.39, 0.29) is 12.0 Å². The zero-order chi connectivity index (χ0) is 11.0. The summed E-state index contributed by atoms with van der Waals surface area (Å²) in [6.45, 7) is 1.71. The van der Waals surface area contributed by atoms with Gasteiger partial charge in [0.05, 0.1) is 17.8 Å². The van der Waals surface area contributed by atoms with Crippen LogP contribution >= 0.6 is 0 Å². The molecule has 2 aromatic rings. The minimum Gasteiger partial charge on any atom is -0.481 e. The second-order valence-electron chi connectivity index (χ2n) is 3.22. The van der Waals surface area contributed by atoms with Crippen LogP contribution < -0.4 is 5.56 Å². The van der Waals surface area contributed by atoms with E-state index in [1.54, 1.807) is 13.0 Å². The molecule has 0 aliphatic heterocycles. The maximum atomic E-state index is 11.1. The smallest absolute Gasteiger partial charge is 0.309 e. The Morgan fingerprint density at radius 2 is 2.33 bits per heavy atom. The van der Waals surface area contributed by atoms with Crippen molar-refractivity contribution in [2.45, 2.75) is 13.3 Å². The Hall–Kier alpha value is -2.11. The number of nitrogens with one attached hydrogen (secondary N) is 1. The van der Waals surface area contributed by atoms with Gasteiger partial charge in [0.25, 0.3) is 5.56 Å². The summed E-state index contributed by atoms with van der Waals surface area (Å²) in [5.41, 5.74) is 1.37. The molecule has 0 atom stereocenters.